The van der Waals surface area contributed by atoms with Gasteiger partial charge in [0.2, 0.25) is 12.6 Å². The molecule has 284 valence electrons. The lowest BCUT2D eigenvalue weighted by Gasteiger charge is -2.48. The fourth-order valence-electron chi connectivity index (χ4n) is 6.15. The highest BCUT2D eigenvalue weighted by Crippen LogP contribution is 2.43. The first-order valence-electron chi connectivity index (χ1n) is 16.3. The number of esters is 6. The molecule has 0 radical (unpaired) electrons. The predicted octanol–water partition coefficient (Wildman–Crippen LogP) is 2.13. The van der Waals surface area contributed by atoms with Crippen LogP contribution in [0.15, 0.2) is 42.2 Å². The molecular formula is C35H42O17. The topological polar surface area (TPSA) is 204 Å². The van der Waals surface area contributed by atoms with E-state index in [9.17, 15) is 28.8 Å². The zero-order valence-electron chi connectivity index (χ0n) is 29.7. The zero-order valence-corrected chi connectivity index (χ0v) is 29.7. The van der Waals surface area contributed by atoms with E-state index in [1.807, 2.05) is 0 Å². The first kappa shape index (κ1) is 39.9. The molecule has 0 saturated carbocycles. The first-order valence-corrected chi connectivity index (χ1v) is 16.3. The summed E-state index contributed by atoms with van der Waals surface area (Å²) >= 11 is 0. The van der Waals surface area contributed by atoms with E-state index in [2.05, 4.69) is 0 Å². The summed E-state index contributed by atoms with van der Waals surface area (Å²) in [7, 11) is 2.70. The largest absolute Gasteiger partial charge is 0.471 e. The molecule has 10 atom stereocenters. The minimum absolute atomic E-state index is 0.219. The summed E-state index contributed by atoms with van der Waals surface area (Å²) in [6.45, 7) is 5.76. The van der Waals surface area contributed by atoms with Crippen molar-refractivity contribution in [2.24, 2.45) is 11.8 Å². The van der Waals surface area contributed by atoms with Crippen LogP contribution in [-0.4, -0.2) is 106 Å². The van der Waals surface area contributed by atoms with Crippen LogP contribution in [0.4, 0.5) is 0 Å². The molecule has 3 aliphatic heterocycles. The van der Waals surface area contributed by atoms with E-state index in [4.69, 9.17) is 52.1 Å². The quantitative estimate of drug-likeness (QED) is 0.131. The molecule has 0 amide bonds. The highest BCUT2D eigenvalue weighted by atomic mass is 16.8. The monoisotopic (exact) mass is 734 g/mol. The van der Waals surface area contributed by atoms with Gasteiger partial charge in [0.15, 0.2) is 24.6 Å². The Labute approximate surface area is 299 Å². The molecule has 0 unspecified atom stereocenters. The van der Waals surface area contributed by atoms with Crippen molar-refractivity contribution in [2.75, 3.05) is 20.8 Å². The fourth-order valence-corrected chi connectivity index (χ4v) is 6.15. The van der Waals surface area contributed by atoms with Gasteiger partial charge in [0, 0.05) is 53.2 Å². The van der Waals surface area contributed by atoms with Crippen molar-refractivity contribution in [1.82, 2.24) is 0 Å². The van der Waals surface area contributed by atoms with Crippen LogP contribution >= 0.6 is 0 Å². The Hall–Kier alpha value is -4.84. The molecule has 2 fully saturated rings. The number of carbonyl (C=O) groups is 6. The first-order chi connectivity index (χ1) is 24.7. The standard InChI is InChI=1S/C35H42O17/c1-17-29-24(14-28(42-6)46-17)25(33(41)43-7)15-45-34(29)52-35-32(50-21(5)39)31(49-20(4)38)30(48-19(3)37)26(51-35)16-44-27(40)13-10-22-8-11-23(12-9-22)47-18(2)36/h8-13,15,17,24,26,28-32,34-35H,14,16H2,1-7H3/b13-10+/t17-,24+,26+,28-,29+,30+,31-,32+,34-,35-/m0/s1. The van der Waals surface area contributed by atoms with Gasteiger partial charge < -0.3 is 52.1 Å². The van der Waals surface area contributed by atoms with Crippen LogP contribution in [0, 0.1) is 11.8 Å². The van der Waals surface area contributed by atoms with Crippen molar-refractivity contribution >= 4 is 41.9 Å². The number of hydrogen-bond donors (Lipinski definition) is 0. The average Bonchev–Trinajstić information content (AvgIpc) is 3.08. The maximum atomic E-state index is 12.8. The molecule has 3 heterocycles. The number of methoxy groups -OCH3 is 2. The van der Waals surface area contributed by atoms with E-state index < -0.39 is 104 Å². The molecule has 17 nitrogen and oxygen atoms in total. The molecule has 3 aliphatic rings. The van der Waals surface area contributed by atoms with Gasteiger partial charge >= 0.3 is 35.8 Å². The fraction of sp³-hybridized carbons (Fsp3) is 0.543. The summed E-state index contributed by atoms with van der Waals surface area (Å²) in [5, 5.41) is 0. The third-order valence-electron chi connectivity index (χ3n) is 8.26. The van der Waals surface area contributed by atoms with Crippen LogP contribution in [0.5, 0.6) is 5.75 Å². The number of carbonyl (C=O) groups excluding carboxylic acids is 6. The molecule has 0 bridgehead atoms. The van der Waals surface area contributed by atoms with Gasteiger partial charge in [-0.3, -0.25) is 19.2 Å². The lowest BCUT2D eigenvalue weighted by molar-refractivity contribution is -0.354. The summed E-state index contributed by atoms with van der Waals surface area (Å²) in [6, 6.07) is 6.31. The van der Waals surface area contributed by atoms with Crippen LogP contribution < -0.4 is 4.74 Å². The van der Waals surface area contributed by atoms with Crippen LogP contribution in [0.25, 0.3) is 6.08 Å². The van der Waals surface area contributed by atoms with Crippen LogP contribution in [0.2, 0.25) is 0 Å². The molecular weight excluding hydrogens is 692 g/mol. The van der Waals surface area contributed by atoms with Gasteiger partial charge in [-0.15, -0.1) is 0 Å². The Morgan fingerprint density at radius 1 is 0.808 bits per heavy atom. The van der Waals surface area contributed by atoms with E-state index in [0.29, 0.717) is 11.3 Å². The van der Waals surface area contributed by atoms with Gasteiger partial charge in [-0.05, 0) is 30.7 Å². The second kappa shape index (κ2) is 18.1. The lowest BCUT2D eigenvalue weighted by atomic mass is 9.77. The summed E-state index contributed by atoms with van der Waals surface area (Å²) < 4.78 is 61.7. The second-order valence-electron chi connectivity index (χ2n) is 12.0. The molecule has 0 spiro atoms. The van der Waals surface area contributed by atoms with Crippen LogP contribution in [0.1, 0.15) is 46.6 Å². The van der Waals surface area contributed by atoms with Crippen LogP contribution in [-0.2, 0) is 76.1 Å². The van der Waals surface area contributed by atoms with Crippen molar-refractivity contribution in [2.45, 2.75) is 90.4 Å². The number of benzene rings is 1. The summed E-state index contributed by atoms with van der Waals surface area (Å²) in [4.78, 5) is 73.6. The normalized spacial score (nSPS) is 29.7. The zero-order chi connectivity index (χ0) is 38.1. The van der Waals surface area contributed by atoms with Gasteiger partial charge in [0.05, 0.1) is 31.0 Å². The minimum atomic E-state index is -1.57. The Morgan fingerprint density at radius 3 is 2.04 bits per heavy atom. The van der Waals surface area contributed by atoms with E-state index in [1.165, 1.54) is 33.5 Å². The van der Waals surface area contributed by atoms with Crippen LogP contribution in [0.3, 0.4) is 0 Å². The van der Waals surface area contributed by atoms with Gasteiger partial charge in [-0.2, -0.15) is 0 Å². The summed E-state index contributed by atoms with van der Waals surface area (Å²) in [5.41, 5.74) is 0.802. The maximum absolute atomic E-state index is 12.8. The molecule has 1 aromatic carbocycles. The highest BCUT2D eigenvalue weighted by molar-refractivity contribution is 5.89. The molecule has 0 aromatic heterocycles. The van der Waals surface area contributed by atoms with Crippen molar-refractivity contribution in [3.8, 4) is 5.75 Å². The molecule has 0 N–H and O–H groups in total. The third-order valence-corrected chi connectivity index (χ3v) is 8.26. The van der Waals surface area contributed by atoms with Gasteiger partial charge in [0.1, 0.15) is 18.5 Å². The molecule has 0 aliphatic carbocycles. The van der Waals surface area contributed by atoms with E-state index in [1.54, 1.807) is 31.2 Å². The third kappa shape index (κ3) is 10.4. The van der Waals surface area contributed by atoms with E-state index in [-0.39, 0.29) is 12.0 Å². The predicted molar refractivity (Wildman–Crippen MR) is 172 cm³/mol. The Bertz CT molecular complexity index is 1530. The van der Waals surface area contributed by atoms with Gasteiger partial charge in [0.25, 0.3) is 0 Å². The number of fused-ring (bicyclic) bond motifs is 1. The molecule has 1 aromatic rings. The summed E-state index contributed by atoms with van der Waals surface area (Å²) in [5.74, 6) is -5.24. The van der Waals surface area contributed by atoms with Crippen molar-refractivity contribution < 1.29 is 80.9 Å². The number of rotatable bonds is 12. The Kier molecular flexibility index (Phi) is 13.9. The SMILES string of the molecule is COC(=O)C1=CO[C@@H](O[C@@H]2O[C@H](COC(=O)/C=C/c3ccc(OC(C)=O)cc3)[C@@H](OC(C)=O)[C@H](OC(C)=O)[C@H]2OC(C)=O)[C@@H]2[C@H](C)O[C@H](OC)C[C@H]12. The van der Waals surface area contributed by atoms with Gasteiger partial charge in [-0.25, -0.2) is 9.59 Å². The number of hydrogen-bond acceptors (Lipinski definition) is 17. The van der Waals surface area contributed by atoms with Crippen molar-refractivity contribution in [3.63, 3.8) is 0 Å². The summed E-state index contributed by atoms with van der Waals surface area (Å²) in [6.07, 6.45) is -5.82. The maximum Gasteiger partial charge on any atom is 0.337 e. The highest BCUT2D eigenvalue weighted by Gasteiger charge is 2.56. The molecule has 52 heavy (non-hydrogen) atoms. The van der Waals surface area contributed by atoms with E-state index in [0.717, 1.165) is 26.8 Å². The Morgan fingerprint density at radius 2 is 1.44 bits per heavy atom. The van der Waals surface area contributed by atoms with E-state index >= 15 is 0 Å². The average molecular weight is 735 g/mol. The number of ether oxygens (including phenoxy) is 11. The van der Waals surface area contributed by atoms with Crippen molar-refractivity contribution in [1.29, 1.82) is 0 Å². The van der Waals surface area contributed by atoms with Gasteiger partial charge in [-0.1, -0.05) is 12.1 Å². The lowest BCUT2D eigenvalue weighted by Crippen LogP contribution is -2.64. The smallest absolute Gasteiger partial charge is 0.337 e. The molecule has 2 saturated heterocycles. The second-order valence-corrected chi connectivity index (χ2v) is 12.0. The van der Waals surface area contributed by atoms with Crippen molar-refractivity contribution in [3.05, 3.63) is 47.7 Å². The molecule has 17 heteroatoms. The minimum Gasteiger partial charge on any atom is -0.471 e. The molecule has 4 rings (SSSR count). The Balaban J connectivity index is 1.61.